The number of hydrogen-bond donors (Lipinski definition) is 1. The number of benzene rings is 1. The van der Waals surface area contributed by atoms with Crippen molar-refractivity contribution in [1.82, 2.24) is 4.90 Å². The Morgan fingerprint density at radius 1 is 1.23 bits per heavy atom. The summed E-state index contributed by atoms with van der Waals surface area (Å²) in [5, 5.41) is 12.9. The Kier molecular flexibility index (Phi) is 3.06. The molecule has 2 atom stereocenters. The Labute approximate surface area is 130 Å². The Hall–Kier alpha value is -2.10. The van der Waals surface area contributed by atoms with Gasteiger partial charge in [-0.15, -0.1) is 0 Å². The van der Waals surface area contributed by atoms with Gasteiger partial charge in [-0.3, -0.25) is 4.79 Å². The van der Waals surface area contributed by atoms with Gasteiger partial charge in [0.2, 0.25) is 0 Å². The van der Waals surface area contributed by atoms with Crippen LogP contribution in [0, 0.1) is 5.92 Å². The van der Waals surface area contributed by atoms with Crippen LogP contribution in [0.5, 0.6) is 0 Å². The smallest absolute Gasteiger partial charge is 0.166 e. The summed E-state index contributed by atoms with van der Waals surface area (Å²) in [6.45, 7) is 3.07. The third-order valence-corrected chi connectivity index (χ3v) is 5.20. The van der Waals surface area contributed by atoms with Crippen LogP contribution in [0.15, 0.2) is 40.7 Å². The fourth-order valence-corrected chi connectivity index (χ4v) is 4.24. The Bertz CT molecular complexity index is 705. The second-order valence-electron chi connectivity index (χ2n) is 6.67. The molecule has 0 aromatic heterocycles. The fourth-order valence-electron chi connectivity index (χ4n) is 4.24. The zero-order valence-electron chi connectivity index (χ0n) is 12.7. The summed E-state index contributed by atoms with van der Waals surface area (Å²) in [5.41, 5.74) is 5.05. The molecule has 2 aliphatic heterocycles. The highest BCUT2D eigenvalue weighted by atomic mass is 16.4. The van der Waals surface area contributed by atoms with Crippen LogP contribution in [0.4, 0.5) is 0 Å². The third-order valence-electron chi connectivity index (χ3n) is 5.20. The van der Waals surface area contributed by atoms with E-state index in [2.05, 4.69) is 41.2 Å². The zero-order valence-corrected chi connectivity index (χ0v) is 12.7. The van der Waals surface area contributed by atoms with E-state index >= 15 is 0 Å². The minimum atomic E-state index is 0.138. The van der Waals surface area contributed by atoms with Crippen molar-refractivity contribution < 1.29 is 10.0 Å². The lowest BCUT2D eigenvalue weighted by Crippen LogP contribution is -2.44. The molecule has 2 heterocycles. The van der Waals surface area contributed by atoms with Crippen LogP contribution in [0.25, 0.3) is 0 Å². The predicted molar refractivity (Wildman–Crippen MR) is 83.9 cm³/mol. The van der Waals surface area contributed by atoms with E-state index in [-0.39, 0.29) is 11.8 Å². The molecule has 1 N–H and O–H groups in total. The van der Waals surface area contributed by atoms with Crippen molar-refractivity contribution in [3.63, 3.8) is 0 Å². The van der Waals surface area contributed by atoms with Crippen LogP contribution in [0.2, 0.25) is 0 Å². The van der Waals surface area contributed by atoms with E-state index in [1.54, 1.807) is 0 Å². The minimum absolute atomic E-state index is 0.138. The summed E-state index contributed by atoms with van der Waals surface area (Å²) in [6.07, 6.45) is 3.09. The molecule has 0 saturated carbocycles. The summed E-state index contributed by atoms with van der Waals surface area (Å²) < 4.78 is 0. The molecule has 22 heavy (non-hydrogen) atoms. The second kappa shape index (κ2) is 4.97. The van der Waals surface area contributed by atoms with Crippen molar-refractivity contribution in [3.05, 3.63) is 46.7 Å². The van der Waals surface area contributed by atoms with Crippen molar-refractivity contribution in [3.8, 4) is 0 Å². The molecule has 0 fully saturated rings. The number of ketones is 1. The van der Waals surface area contributed by atoms with Crippen LogP contribution < -0.4 is 0 Å². The molecule has 114 valence electrons. The highest BCUT2D eigenvalue weighted by Crippen LogP contribution is 2.44. The quantitative estimate of drug-likeness (QED) is 0.591. The Balaban J connectivity index is 1.85. The summed E-state index contributed by atoms with van der Waals surface area (Å²) in [4.78, 5) is 14.8. The van der Waals surface area contributed by atoms with Crippen molar-refractivity contribution in [1.29, 1.82) is 0 Å². The number of rotatable bonds is 0. The summed E-state index contributed by atoms with van der Waals surface area (Å²) >= 11 is 0. The lowest BCUT2D eigenvalue weighted by Gasteiger charge is -2.46. The number of fused-ring (bicyclic) bond motifs is 4. The molecule has 4 rings (SSSR count). The minimum Gasteiger partial charge on any atom is -0.411 e. The molecule has 0 bridgehead atoms. The van der Waals surface area contributed by atoms with Crippen LogP contribution in [0.1, 0.15) is 43.4 Å². The first-order valence-corrected chi connectivity index (χ1v) is 8.01. The van der Waals surface area contributed by atoms with Gasteiger partial charge < -0.3 is 10.1 Å². The molecule has 1 aromatic carbocycles. The van der Waals surface area contributed by atoms with Crippen molar-refractivity contribution >= 4 is 11.5 Å². The molecule has 0 saturated heterocycles. The highest BCUT2D eigenvalue weighted by Gasteiger charge is 2.41. The number of allylic oxidation sites excluding steroid dienone is 2. The predicted octanol–water partition coefficient (Wildman–Crippen LogP) is 3.07. The van der Waals surface area contributed by atoms with Gasteiger partial charge >= 0.3 is 0 Å². The molecule has 1 aromatic rings. The number of nitrogens with zero attached hydrogens (tertiary/aromatic N) is 2. The molecule has 0 spiro atoms. The second-order valence-corrected chi connectivity index (χ2v) is 6.67. The molecule has 0 amide bonds. The lowest BCUT2D eigenvalue weighted by atomic mass is 9.77. The van der Waals surface area contributed by atoms with Gasteiger partial charge in [-0.05, 0) is 29.9 Å². The topological polar surface area (TPSA) is 52.9 Å². The van der Waals surface area contributed by atoms with E-state index < -0.39 is 0 Å². The Morgan fingerprint density at radius 3 is 2.86 bits per heavy atom. The number of carbonyl (C=O) groups excluding carboxylic acids is 1. The van der Waals surface area contributed by atoms with Gasteiger partial charge in [0.1, 0.15) is 0 Å². The maximum absolute atomic E-state index is 12.5. The standard InChI is InChI=1S/C18H20N2O2/c1-11-8-16-18(17(21)9-11)14(19-22)10-15-13-5-3-2-4-12(13)6-7-20(15)16/h2-5,11,15,22H,6-10H2,1H3. The van der Waals surface area contributed by atoms with E-state index in [0.29, 0.717) is 30.0 Å². The van der Waals surface area contributed by atoms with Gasteiger partial charge in [0.05, 0.1) is 17.3 Å². The molecule has 1 aliphatic carbocycles. The van der Waals surface area contributed by atoms with Gasteiger partial charge in [-0.25, -0.2) is 0 Å². The first-order valence-electron chi connectivity index (χ1n) is 8.01. The third kappa shape index (κ3) is 1.90. The Morgan fingerprint density at radius 2 is 2.05 bits per heavy atom. The van der Waals surface area contributed by atoms with Crippen LogP contribution in [-0.2, 0) is 11.2 Å². The van der Waals surface area contributed by atoms with Crippen molar-refractivity contribution in [2.75, 3.05) is 6.54 Å². The number of hydrogen-bond acceptors (Lipinski definition) is 4. The number of Topliss-reactive ketones (excluding diaryl/α,β-unsaturated/α-hetero) is 1. The van der Waals surface area contributed by atoms with E-state index in [1.807, 2.05) is 0 Å². The fraction of sp³-hybridized carbons (Fsp3) is 0.444. The number of oxime groups is 1. The highest BCUT2D eigenvalue weighted by molar-refractivity contribution is 6.23. The maximum Gasteiger partial charge on any atom is 0.166 e. The normalized spacial score (nSPS) is 29.2. The maximum atomic E-state index is 12.5. The first kappa shape index (κ1) is 13.6. The molecular weight excluding hydrogens is 276 g/mol. The number of carbonyl (C=O) groups is 1. The SMILES string of the molecule is CC1CC(=O)C2=C(C1)N1CCc3ccccc3C1CC2=NO. The van der Waals surface area contributed by atoms with Gasteiger partial charge in [0.25, 0.3) is 0 Å². The van der Waals surface area contributed by atoms with Crippen LogP contribution >= 0.6 is 0 Å². The average Bonchev–Trinajstić information content (AvgIpc) is 2.53. The summed E-state index contributed by atoms with van der Waals surface area (Å²) in [5.74, 6) is 0.501. The van der Waals surface area contributed by atoms with Gasteiger partial charge in [0.15, 0.2) is 5.78 Å². The summed E-state index contributed by atoms with van der Waals surface area (Å²) in [6, 6.07) is 8.70. The monoisotopic (exact) mass is 296 g/mol. The van der Waals surface area contributed by atoms with Crippen molar-refractivity contribution in [2.24, 2.45) is 11.1 Å². The average molecular weight is 296 g/mol. The van der Waals surface area contributed by atoms with Crippen molar-refractivity contribution in [2.45, 2.75) is 38.6 Å². The molecule has 4 nitrogen and oxygen atoms in total. The van der Waals surface area contributed by atoms with Crippen LogP contribution in [-0.4, -0.2) is 28.1 Å². The van der Waals surface area contributed by atoms with Gasteiger partial charge in [0, 0.05) is 25.1 Å². The largest absolute Gasteiger partial charge is 0.411 e. The van der Waals surface area contributed by atoms with E-state index in [4.69, 9.17) is 0 Å². The lowest BCUT2D eigenvalue weighted by molar-refractivity contribution is -0.116. The van der Waals surface area contributed by atoms with E-state index in [1.165, 1.54) is 11.1 Å². The zero-order chi connectivity index (χ0) is 15.3. The molecule has 4 heteroatoms. The molecule has 2 unspecified atom stereocenters. The van der Waals surface area contributed by atoms with Gasteiger partial charge in [-0.1, -0.05) is 36.3 Å². The molecular formula is C18H20N2O2. The molecule has 3 aliphatic rings. The van der Waals surface area contributed by atoms with Gasteiger partial charge in [-0.2, -0.15) is 0 Å². The van der Waals surface area contributed by atoms with E-state index in [9.17, 15) is 10.0 Å². The van der Waals surface area contributed by atoms with E-state index in [0.717, 1.165) is 25.1 Å². The molecule has 0 radical (unpaired) electrons. The first-order chi connectivity index (χ1) is 10.7. The van der Waals surface area contributed by atoms with Crippen LogP contribution in [0.3, 0.4) is 0 Å². The summed E-state index contributed by atoms with van der Waals surface area (Å²) in [7, 11) is 0.